The molecule has 5 heteroatoms. The number of aromatic nitrogens is 2. The van der Waals surface area contributed by atoms with E-state index < -0.39 is 0 Å². The van der Waals surface area contributed by atoms with E-state index in [1.54, 1.807) is 0 Å². The molecule has 94 valence electrons. The molecule has 0 aliphatic rings. The SMILES string of the molecule is Cc1ccc(C(N)=S)c(Nc2cc(C)n(C)n2)c1. The Morgan fingerprint density at radius 3 is 2.61 bits per heavy atom. The monoisotopic (exact) mass is 260 g/mol. The molecule has 0 saturated heterocycles. The second-order valence-electron chi connectivity index (χ2n) is 4.33. The highest BCUT2D eigenvalue weighted by Gasteiger charge is 2.08. The number of rotatable bonds is 3. The van der Waals surface area contributed by atoms with Gasteiger partial charge in [-0.25, -0.2) is 0 Å². The molecule has 0 unspecified atom stereocenters. The number of nitrogens with one attached hydrogen (secondary N) is 1. The summed E-state index contributed by atoms with van der Waals surface area (Å²) in [7, 11) is 1.91. The first-order valence-corrected chi connectivity index (χ1v) is 6.06. The lowest BCUT2D eigenvalue weighted by Gasteiger charge is -2.10. The van der Waals surface area contributed by atoms with Gasteiger partial charge in [0.25, 0.3) is 0 Å². The van der Waals surface area contributed by atoms with Crippen LogP contribution in [-0.4, -0.2) is 14.8 Å². The number of nitrogens with zero attached hydrogens (tertiary/aromatic N) is 2. The van der Waals surface area contributed by atoms with E-state index >= 15 is 0 Å². The molecule has 1 aromatic heterocycles. The van der Waals surface area contributed by atoms with E-state index in [2.05, 4.69) is 10.4 Å². The molecular formula is C13H16N4S. The van der Waals surface area contributed by atoms with Crippen LogP contribution in [0.2, 0.25) is 0 Å². The van der Waals surface area contributed by atoms with Crippen LogP contribution in [-0.2, 0) is 7.05 Å². The fourth-order valence-corrected chi connectivity index (χ4v) is 1.91. The quantitative estimate of drug-likeness (QED) is 0.832. The fourth-order valence-electron chi connectivity index (χ4n) is 1.74. The van der Waals surface area contributed by atoms with Crippen molar-refractivity contribution in [2.75, 3.05) is 5.32 Å². The number of benzene rings is 1. The first-order chi connectivity index (χ1) is 8.47. The van der Waals surface area contributed by atoms with Gasteiger partial charge in [-0.3, -0.25) is 4.68 Å². The average molecular weight is 260 g/mol. The van der Waals surface area contributed by atoms with E-state index in [9.17, 15) is 0 Å². The van der Waals surface area contributed by atoms with Crippen molar-refractivity contribution in [1.29, 1.82) is 0 Å². The van der Waals surface area contributed by atoms with Gasteiger partial charge < -0.3 is 11.1 Å². The molecule has 0 aliphatic heterocycles. The van der Waals surface area contributed by atoms with Crippen LogP contribution in [0.15, 0.2) is 24.3 Å². The van der Waals surface area contributed by atoms with Crippen molar-refractivity contribution >= 4 is 28.7 Å². The molecule has 2 rings (SSSR count). The lowest BCUT2D eigenvalue weighted by Crippen LogP contribution is -2.12. The van der Waals surface area contributed by atoms with Crippen LogP contribution in [0.5, 0.6) is 0 Å². The highest BCUT2D eigenvalue weighted by molar-refractivity contribution is 7.80. The van der Waals surface area contributed by atoms with Crippen LogP contribution in [0.3, 0.4) is 0 Å². The van der Waals surface area contributed by atoms with Gasteiger partial charge in [-0.1, -0.05) is 18.3 Å². The zero-order valence-electron chi connectivity index (χ0n) is 10.7. The number of aryl methyl sites for hydroxylation is 3. The number of thiocarbonyl (C=S) groups is 1. The minimum atomic E-state index is 0.380. The molecule has 18 heavy (non-hydrogen) atoms. The van der Waals surface area contributed by atoms with E-state index in [0.29, 0.717) is 4.99 Å². The van der Waals surface area contributed by atoms with Gasteiger partial charge in [0.2, 0.25) is 0 Å². The van der Waals surface area contributed by atoms with Gasteiger partial charge in [-0.15, -0.1) is 0 Å². The first-order valence-electron chi connectivity index (χ1n) is 5.65. The summed E-state index contributed by atoms with van der Waals surface area (Å²) in [6, 6.07) is 7.91. The minimum absolute atomic E-state index is 0.380. The van der Waals surface area contributed by atoms with Crippen molar-refractivity contribution in [3.63, 3.8) is 0 Å². The smallest absolute Gasteiger partial charge is 0.152 e. The second kappa shape index (κ2) is 4.78. The van der Waals surface area contributed by atoms with Gasteiger partial charge in [-0.2, -0.15) is 5.10 Å². The summed E-state index contributed by atoms with van der Waals surface area (Å²) < 4.78 is 1.82. The molecule has 1 aromatic carbocycles. The predicted octanol–water partition coefficient (Wildman–Crippen LogP) is 2.41. The van der Waals surface area contributed by atoms with E-state index in [4.69, 9.17) is 18.0 Å². The second-order valence-corrected chi connectivity index (χ2v) is 4.77. The summed E-state index contributed by atoms with van der Waals surface area (Å²) >= 11 is 5.05. The lowest BCUT2D eigenvalue weighted by molar-refractivity contribution is 0.743. The van der Waals surface area contributed by atoms with Crippen molar-refractivity contribution in [1.82, 2.24) is 9.78 Å². The summed E-state index contributed by atoms with van der Waals surface area (Å²) in [5.74, 6) is 0.790. The maximum Gasteiger partial charge on any atom is 0.152 e. The van der Waals surface area contributed by atoms with Gasteiger partial charge in [-0.05, 0) is 31.5 Å². The van der Waals surface area contributed by atoms with Crippen LogP contribution >= 0.6 is 12.2 Å². The Kier molecular flexibility index (Phi) is 3.34. The zero-order valence-corrected chi connectivity index (χ0v) is 11.5. The minimum Gasteiger partial charge on any atom is -0.389 e. The summed E-state index contributed by atoms with van der Waals surface area (Å²) in [4.78, 5) is 0.380. The summed E-state index contributed by atoms with van der Waals surface area (Å²) in [6.07, 6.45) is 0. The van der Waals surface area contributed by atoms with Crippen LogP contribution in [0, 0.1) is 13.8 Å². The number of nitrogens with two attached hydrogens (primary N) is 1. The molecule has 0 saturated carbocycles. The molecule has 0 amide bonds. The molecule has 0 aliphatic carbocycles. The molecule has 0 spiro atoms. The Morgan fingerprint density at radius 1 is 1.33 bits per heavy atom. The van der Waals surface area contributed by atoms with Crippen molar-refractivity contribution in [2.45, 2.75) is 13.8 Å². The standard InChI is InChI=1S/C13H16N4S/c1-8-4-5-10(13(14)18)11(6-8)15-12-7-9(2)17(3)16-12/h4-7H,1-3H3,(H2,14,18)(H,15,16). The van der Waals surface area contributed by atoms with Crippen LogP contribution in [0.1, 0.15) is 16.8 Å². The Balaban J connectivity index is 2.38. The third-order valence-corrected chi connectivity index (χ3v) is 3.04. The molecule has 1 heterocycles. The van der Waals surface area contributed by atoms with Crippen molar-refractivity contribution in [2.24, 2.45) is 12.8 Å². The zero-order chi connectivity index (χ0) is 13.3. The molecule has 2 aromatic rings. The Morgan fingerprint density at radius 2 is 2.06 bits per heavy atom. The van der Waals surface area contributed by atoms with E-state index in [1.807, 2.05) is 49.8 Å². The molecule has 4 nitrogen and oxygen atoms in total. The highest BCUT2D eigenvalue weighted by atomic mass is 32.1. The largest absolute Gasteiger partial charge is 0.389 e. The van der Waals surface area contributed by atoms with Crippen molar-refractivity contribution < 1.29 is 0 Å². The Hall–Kier alpha value is -1.88. The molecule has 3 N–H and O–H groups in total. The number of hydrogen-bond acceptors (Lipinski definition) is 3. The molecule has 0 bridgehead atoms. The third-order valence-electron chi connectivity index (χ3n) is 2.82. The van der Waals surface area contributed by atoms with Crippen molar-refractivity contribution in [3.05, 3.63) is 41.1 Å². The van der Waals surface area contributed by atoms with Crippen molar-refractivity contribution in [3.8, 4) is 0 Å². The average Bonchev–Trinajstić information content (AvgIpc) is 2.57. The van der Waals surface area contributed by atoms with Gasteiger partial charge in [0.15, 0.2) is 5.82 Å². The van der Waals surface area contributed by atoms with Crippen LogP contribution in [0.4, 0.5) is 11.5 Å². The summed E-state index contributed by atoms with van der Waals surface area (Å²) in [5.41, 5.74) is 9.67. The normalized spacial score (nSPS) is 10.4. The molecule has 0 radical (unpaired) electrons. The molecular weight excluding hydrogens is 244 g/mol. The summed E-state index contributed by atoms with van der Waals surface area (Å²) in [6.45, 7) is 4.03. The molecule has 0 atom stereocenters. The topological polar surface area (TPSA) is 55.9 Å². The highest BCUT2D eigenvalue weighted by Crippen LogP contribution is 2.22. The summed E-state index contributed by atoms with van der Waals surface area (Å²) in [5, 5.41) is 7.61. The Labute approximate surface area is 112 Å². The lowest BCUT2D eigenvalue weighted by atomic mass is 10.1. The van der Waals surface area contributed by atoms with E-state index in [0.717, 1.165) is 28.3 Å². The maximum absolute atomic E-state index is 5.72. The predicted molar refractivity (Wildman–Crippen MR) is 78.3 cm³/mol. The van der Waals surface area contributed by atoms with Crippen LogP contribution in [0.25, 0.3) is 0 Å². The first kappa shape index (κ1) is 12.6. The van der Waals surface area contributed by atoms with Gasteiger partial charge in [0, 0.05) is 24.4 Å². The third kappa shape index (κ3) is 2.51. The van der Waals surface area contributed by atoms with Gasteiger partial charge in [0.05, 0.1) is 5.69 Å². The maximum atomic E-state index is 5.72. The number of anilines is 2. The molecule has 0 fully saturated rings. The van der Waals surface area contributed by atoms with Crippen LogP contribution < -0.4 is 11.1 Å². The fraction of sp³-hybridized carbons (Fsp3) is 0.231. The van der Waals surface area contributed by atoms with Gasteiger partial charge in [0.1, 0.15) is 4.99 Å². The van der Waals surface area contributed by atoms with E-state index in [-0.39, 0.29) is 0 Å². The number of hydrogen-bond donors (Lipinski definition) is 2. The van der Waals surface area contributed by atoms with Gasteiger partial charge >= 0.3 is 0 Å². The Bertz CT molecular complexity index is 582. The van der Waals surface area contributed by atoms with E-state index in [1.165, 1.54) is 0 Å².